The highest BCUT2D eigenvalue weighted by atomic mass is 16.4. The topological polar surface area (TPSA) is 91.0 Å². The SMILES string of the molecule is CN(C)C(=O)c1cnn2c(C3CCN(Cc4cccc(C(=O)O)c4)C3)ccnc12. The number of fused-ring (bicyclic) bond motifs is 1. The number of hydrogen-bond donors (Lipinski definition) is 1. The zero-order valence-corrected chi connectivity index (χ0v) is 16.4. The maximum Gasteiger partial charge on any atom is 0.335 e. The van der Waals surface area contributed by atoms with Crippen molar-refractivity contribution in [2.45, 2.75) is 18.9 Å². The number of hydrogen-bond acceptors (Lipinski definition) is 5. The Morgan fingerprint density at radius 1 is 1.28 bits per heavy atom. The molecule has 1 saturated heterocycles. The summed E-state index contributed by atoms with van der Waals surface area (Å²) in [6, 6.07) is 9.04. The van der Waals surface area contributed by atoms with Crippen LogP contribution in [0.25, 0.3) is 5.65 Å². The lowest BCUT2D eigenvalue weighted by Gasteiger charge is -2.17. The Bertz CT molecular complexity index is 1080. The molecule has 8 heteroatoms. The molecule has 150 valence electrons. The average molecular weight is 393 g/mol. The van der Waals surface area contributed by atoms with Gasteiger partial charge in [-0.3, -0.25) is 9.69 Å². The molecule has 0 bridgehead atoms. The van der Waals surface area contributed by atoms with Crippen LogP contribution < -0.4 is 0 Å². The van der Waals surface area contributed by atoms with Crippen molar-refractivity contribution in [1.29, 1.82) is 0 Å². The lowest BCUT2D eigenvalue weighted by molar-refractivity contribution is 0.0696. The summed E-state index contributed by atoms with van der Waals surface area (Å²) in [5.74, 6) is -0.756. The summed E-state index contributed by atoms with van der Waals surface area (Å²) < 4.78 is 1.77. The second-order valence-corrected chi connectivity index (χ2v) is 7.59. The summed E-state index contributed by atoms with van der Waals surface area (Å²) >= 11 is 0. The number of carbonyl (C=O) groups is 2. The Morgan fingerprint density at radius 2 is 2.10 bits per heavy atom. The van der Waals surface area contributed by atoms with Crippen LogP contribution in [-0.4, -0.2) is 68.6 Å². The van der Waals surface area contributed by atoms with E-state index in [9.17, 15) is 14.7 Å². The maximum atomic E-state index is 12.4. The molecule has 4 rings (SSSR count). The maximum absolute atomic E-state index is 12.4. The second-order valence-electron chi connectivity index (χ2n) is 7.59. The van der Waals surface area contributed by atoms with Gasteiger partial charge in [0.25, 0.3) is 5.91 Å². The van der Waals surface area contributed by atoms with E-state index in [2.05, 4.69) is 15.0 Å². The molecule has 3 aromatic rings. The molecule has 1 aliphatic heterocycles. The second kappa shape index (κ2) is 7.63. The normalized spacial score (nSPS) is 17.0. The Kier molecular flexibility index (Phi) is 5.02. The number of likely N-dealkylation sites (tertiary alicyclic amines) is 1. The van der Waals surface area contributed by atoms with E-state index < -0.39 is 5.97 Å². The van der Waals surface area contributed by atoms with E-state index in [1.807, 2.05) is 12.1 Å². The van der Waals surface area contributed by atoms with E-state index in [1.54, 1.807) is 49.2 Å². The first kappa shape index (κ1) is 19.1. The van der Waals surface area contributed by atoms with Gasteiger partial charge in [0.05, 0.1) is 17.5 Å². The van der Waals surface area contributed by atoms with E-state index >= 15 is 0 Å². The molecule has 1 unspecified atom stereocenters. The van der Waals surface area contributed by atoms with E-state index in [-0.39, 0.29) is 11.8 Å². The Balaban J connectivity index is 1.53. The van der Waals surface area contributed by atoms with Gasteiger partial charge in [-0.15, -0.1) is 0 Å². The molecule has 0 spiro atoms. The number of nitrogens with zero attached hydrogens (tertiary/aromatic N) is 5. The molecular weight excluding hydrogens is 370 g/mol. The number of carboxylic acids is 1. The van der Waals surface area contributed by atoms with Crippen LogP contribution in [-0.2, 0) is 6.54 Å². The first-order valence-corrected chi connectivity index (χ1v) is 9.53. The average Bonchev–Trinajstić information content (AvgIpc) is 3.34. The number of rotatable bonds is 5. The standard InChI is InChI=1S/C21H23N5O3/c1-24(2)20(27)17-11-23-26-18(6-8-22-19(17)26)16-7-9-25(13-16)12-14-4-3-5-15(10-14)21(28)29/h3-6,8,10-11,16H,7,9,12-13H2,1-2H3,(H,28,29). The molecular formula is C21H23N5O3. The largest absolute Gasteiger partial charge is 0.478 e. The predicted octanol–water partition coefficient (Wildman–Crippen LogP) is 2.12. The third-order valence-corrected chi connectivity index (χ3v) is 5.34. The fraction of sp³-hybridized carbons (Fsp3) is 0.333. The first-order valence-electron chi connectivity index (χ1n) is 9.53. The number of aromatic carboxylic acids is 1. The zero-order chi connectivity index (χ0) is 20.5. The highest BCUT2D eigenvalue weighted by Gasteiger charge is 2.27. The van der Waals surface area contributed by atoms with Gasteiger partial charge < -0.3 is 10.0 Å². The molecule has 29 heavy (non-hydrogen) atoms. The van der Waals surface area contributed by atoms with Gasteiger partial charge in [0.2, 0.25) is 0 Å². The number of carbonyl (C=O) groups excluding carboxylic acids is 1. The summed E-state index contributed by atoms with van der Waals surface area (Å²) in [6.45, 7) is 2.46. The quantitative estimate of drug-likeness (QED) is 0.714. The molecule has 0 saturated carbocycles. The lowest BCUT2D eigenvalue weighted by atomic mass is 10.0. The van der Waals surface area contributed by atoms with E-state index in [0.29, 0.717) is 23.3 Å². The molecule has 1 aromatic carbocycles. The van der Waals surface area contributed by atoms with Crippen LogP contribution >= 0.6 is 0 Å². The van der Waals surface area contributed by atoms with Crippen molar-refractivity contribution in [2.24, 2.45) is 0 Å². The summed E-state index contributed by atoms with van der Waals surface area (Å²) in [6.07, 6.45) is 4.28. The zero-order valence-electron chi connectivity index (χ0n) is 16.4. The van der Waals surface area contributed by atoms with Gasteiger partial charge in [-0.2, -0.15) is 5.10 Å². The van der Waals surface area contributed by atoms with Crippen molar-refractivity contribution >= 4 is 17.5 Å². The molecule has 1 fully saturated rings. The van der Waals surface area contributed by atoms with Crippen LogP contribution in [0, 0.1) is 0 Å². The fourth-order valence-electron chi connectivity index (χ4n) is 3.89. The third-order valence-electron chi connectivity index (χ3n) is 5.34. The lowest BCUT2D eigenvalue weighted by Crippen LogP contribution is -2.22. The summed E-state index contributed by atoms with van der Waals surface area (Å²) in [7, 11) is 3.42. The molecule has 3 heterocycles. The van der Waals surface area contributed by atoms with E-state index in [0.717, 1.165) is 30.8 Å². The molecule has 0 radical (unpaired) electrons. The van der Waals surface area contributed by atoms with Crippen molar-refractivity contribution in [3.63, 3.8) is 0 Å². The molecule has 1 aliphatic rings. The Hall–Kier alpha value is -3.26. The minimum Gasteiger partial charge on any atom is -0.478 e. The number of carboxylic acid groups (broad SMARTS) is 1. The van der Waals surface area contributed by atoms with Crippen molar-refractivity contribution in [1.82, 2.24) is 24.4 Å². The van der Waals surface area contributed by atoms with E-state index in [1.165, 1.54) is 4.90 Å². The van der Waals surface area contributed by atoms with E-state index in [4.69, 9.17) is 0 Å². The third kappa shape index (κ3) is 3.71. The summed E-state index contributed by atoms with van der Waals surface area (Å²) in [5, 5.41) is 13.6. The van der Waals surface area contributed by atoms with Crippen LogP contribution in [0.1, 0.15) is 44.3 Å². The fourth-order valence-corrected chi connectivity index (χ4v) is 3.89. The van der Waals surface area contributed by atoms with Crippen LogP contribution in [0.5, 0.6) is 0 Å². The van der Waals surface area contributed by atoms with Gasteiger partial charge in [0, 0.05) is 39.3 Å². The van der Waals surface area contributed by atoms with Gasteiger partial charge in [0.1, 0.15) is 5.56 Å². The molecule has 0 aliphatic carbocycles. The minimum absolute atomic E-state index is 0.115. The van der Waals surface area contributed by atoms with Crippen molar-refractivity contribution < 1.29 is 14.7 Å². The molecule has 1 N–H and O–H groups in total. The minimum atomic E-state index is -0.910. The summed E-state index contributed by atoms with van der Waals surface area (Å²) in [5.41, 5.74) is 3.41. The van der Waals surface area contributed by atoms with Crippen LogP contribution in [0.2, 0.25) is 0 Å². The van der Waals surface area contributed by atoms with Gasteiger partial charge in [0.15, 0.2) is 5.65 Å². The predicted molar refractivity (Wildman–Crippen MR) is 107 cm³/mol. The van der Waals surface area contributed by atoms with Gasteiger partial charge in [-0.1, -0.05) is 12.1 Å². The van der Waals surface area contributed by atoms with Gasteiger partial charge >= 0.3 is 5.97 Å². The number of amides is 1. The Morgan fingerprint density at radius 3 is 2.86 bits per heavy atom. The first-order chi connectivity index (χ1) is 13.9. The van der Waals surface area contributed by atoms with Crippen LogP contribution in [0.3, 0.4) is 0 Å². The number of aromatic nitrogens is 3. The van der Waals surface area contributed by atoms with Crippen LogP contribution in [0.15, 0.2) is 42.7 Å². The highest BCUT2D eigenvalue weighted by molar-refractivity contribution is 5.99. The highest BCUT2D eigenvalue weighted by Crippen LogP contribution is 2.29. The van der Waals surface area contributed by atoms with Crippen molar-refractivity contribution in [3.05, 3.63) is 65.1 Å². The molecule has 1 atom stereocenters. The molecule has 8 nitrogen and oxygen atoms in total. The monoisotopic (exact) mass is 393 g/mol. The van der Waals surface area contributed by atoms with Gasteiger partial charge in [-0.25, -0.2) is 14.3 Å². The number of benzene rings is 1. The Labute approximate surface area is 168 Å². The van der Waals surface area contributed by atoms with Gasteiger partial charge in [-0.05, 0) is 36.7 Å². The molecule has 2 aromatic heterocycles. The van der Waals surface area contributed by atoms with Crippen molar-refractivity contribution in [3.8, 4) is 0 Å². The smallest absolute Gasteiger partial charge is 0.335 e. The summed E-state index contributed by atoms with van der Waals surface area (Å²) in [4.78, 5) is 31.8. The van der Waals surface area contributed by atoms with Crippen molar-refractivity contribution in [2.75, 3.05) is 27.2 Å². The molecule has 1 amide bonds. The van der Waals surface area contributed by atoms with Crippen LogP contribution in [0.4, 0.5) is 0 Å².